The molecule has 2 aromatic carbocycles. The third-order valence-corrected chi connectivity index (χ3v) is 3.96. The number of esters is 1. The molecule has 1 amide bonds. The van der Waals surface area contributed by atoms with Crippen LogP contribution >= 0.6 is 0 Å². The Kier molecular flexibility index (Phi) is 5.46. The topological polar surface area (TPSA) is 64.6 Å². The van der Waals surface area contributed by atoms with E-state index in [2.05, 4.69) is 5.32 Å². The Labute approximate surface area is 147 Å². The summed E-state index contributed by atoms with van der Waals surface area (Å²) in [6.45, 7) is 0.408. The molecule has 25 heavy (non-hydrogen) atoms. The summed E-state index contributed by atoms with van der Waals surface area (Å²) in [4.78, 5) is 25.1. The second-order valence-electron chi connectivity index (χ2n) is 6.11. The molecule has 0 spiro atoms. The van der Waals surface area contributed by atoms with Crippen molar-refractivity contribution in [2.45, 2.75) is 31.6 Å². The number of benzene rings is 2. The second kappa shape index (κ2) is 7.94. The van der Waals surface area contributed by atoms with Gasteiger partial charge in [-0.1, -0.05) is 42.5 Å². The van der Waals surface area contributed by atoms with Gasteiger partial charge in [0.25, 0.3) is 5.91 Å². The zero-order valence-corrected chi connectivity index (χ0v) is 14.1. The summed E-state index contributed by atoms with van der Waals surface area (Å²) in [6, 6.07) is 16.3. The lowest BCUT2D eigenvalue weighted by atomic mass is 10.1. The summed E-state index contributed by atoms with van der Waals surface area (Å²) in [6.07, 6.45) is 0.987. The molecule has 0 bridgehead atoms. The van der Waals surface area contributed by atoms with Crippen LogP contribution in [0.3, 0.4) is 0 Å². The highest BCUT2D eigenvalue weighted by molar-refractivity contribution is 5.93. The Morgan fingerprint density at radius 2 is 1.88 bits per heavy atom. The number of ether oxygens (including phenoxy) is 2. The quantitative estimate of drug-likeness (QED) is 0.788. The fraction of sp³-hybridized carbons (Fsp3) is 0.300. The van der Waals surface area contributed by atoms with E-state index in [1.807, 2.05) is 24.3 Å². The van der Waals surface area contributed by atoms with Gasteiger partial charge in [-0.25, -0.2) is 4.79 Å². The normalized spacial score (nSPS) is 14.6. The summed E-state index contributed by atoms with van der Waals surface area (Å²) >= 11 is 0. The molecule has 2 aromatic rings. The van der Waals surface area contributed by atoms with Crippen LogP contribution in [0.5, 0.6) is 0 Å². The second-order valence-corrected chi connectivity index (χ2v) is 6.11. The van der Waals surface area contributed by atoms with Crippen LogP contribution in [0.4, 0.5) is 0 Å². The van der Waals surface area contributed by atoms with Crippen molar-refractivity contribution in [3.8, 4) is 0 Å². The summed E-state index contributed by atoms with van der Waals surface area (Å²) in [5.41, 5.74) is 1.92. The summed E-state index contributed by atoms with van der Waals surface area (Å²) in [5, 5.41) is 2.90. The van der Waals surface area contributed by atoms with Gasteiger partial charge in [0.2, 0.25) is 6.10 Å². The molecule has 0 radical (unpaired) electrons. The molecule has 0 aliphatic heterocycles. The van der Waals surface area contributed by atoms with Crippen molar-refractivity contribution in [3.63, 3.8) is 0 Å². The Balaban J connectivity index is 1.78. The number of hydrogen-bond acceptors (Lipinski definition) is 4. The predicted molar refractivity (Wildman–Crippen MR) is 92.9 cm³/mol. The minimum Gasteiger partial charge on any atom is -0.444 e. The van der Waals surface area contributed by atoms with E-state index in [1.54, 1.807) is 37.4 Å². The Bertz CT molecular complexity index is 740. The van der Waals surface area contributed by atoms with Gasteiger partial charge in [-0.2, -0.15) is 0 Å². The van der Waals surface area contributed by atoms with E-state index in [0.717, 1.165) is 18.4 Å². The molecule has 5 heteroatoms. The average molecular weight is 339 g/mol. The smallest absolute Gasteiger partial charge is 0.339 e. The highest BCUT2D eigenvalue weighted by Gasteiger charge is 2.31. The fourth-order valence-corrected chi connectivity index (χ4v) is 2.54. The molecule has 5 nitrogen and oxygen atoms in total. The summed E-state index contributed by atoms with van der Waals surface area (Å²) in [5.74, 6) is -0.812. The fourth-order valence-electron chi connectivity index (χ4n) is 2.54. The number of rotatable bonds is 7. The third-order valence-electron chi connectivity index (χ3n) is 3.96. The standard InChI is InChI=1S/C20H21NO4/c1-24-13-14-6-5-9-16(12-14)20(23)25-18(15-7-3-2-4-8-15)19(22)21-17-10-11-17/h2-9,12,17-18H,10-11,13H2,1H3,(H,21,22)/t18-/m0/s1. The van der Waals surface area contributed by atoms with Crippen molar-refractivity contribution in [1.29, 1.82) is 0 Å². The lowest BCUT2D eigenvalue weighted by molar-refractivity contribution is -0.130. The van der Waals surface area contributed by atoms with Gasteiger partial charge in [-0.3, -0.25) is 4.79 Å². The molecule has 1 atom stereocenters. The Morgan fingerprint density at radius 1 is 1.12 bits per heavy atom. The minimum atomic E-state index is -0.958. The van der Waals surface area contributed by atoms with Gasteiger partial charge >= 0.3 is 5.97 Å². The first-order valence-corrected chi connectivity index (χ1v) is 8.31. The van der Waals surface area contributed by atoms with Gasteiger partial charge in [0.1, 0.15) is 0 Å². The van der Waals surface area contributed by atoms with Crippen molar-refractivity contribution >= 4 is 11.9 Å². The van der Waals surface area contributed by atoms with Crippen LogP contribution in [0.25, 0.3) is 0 Å². The summed E-state index contributed by atoms with van der Waals surface area (Å²) in [7, 11) is 1.60. The van der Waals surface area contributed by atoms with Crippen LogP contribution in [0, 0.1) is 0 Å². The molecule has 1 N–H and O–H groups in total. The monoisotopic (exact) mass is 339 g/mol. The van der Waals surface area contributed by atoms with Crippen LogP contribution in [0.2, 0.25) is 0 Å². The molecule has 130 valence electrons. The number of amides is 1. The molecule has 1 aliphatic rings. The van der Waals surface area contributed by atoms with Crippen molar-refractivity contribution in [3.05, 3.63) is 71.3 Å². The Morgan fingerprint density at radius 3 is 2.56 bits per heavy atom. The largest absolute Gasteiger partial charge is 0.444 e. The Hall–Kier alpha value is -2.66. The summed E-state index contributed by atoms with van der Waals surface area (Å²) < 4.78 is 10.6. The third kappa shape index (κ3) is 4.67. The van der Waals surface area contributed by atoms with Crippen molar-refractivity contribution < 1.29 is 19.1 Å². The molecule has 3 rings (SSSR count). The molecule has 0 heterocycles. The molecule has 0 unspecified atom stereocenters. The first-order valence-electron chi connectivity index (χ1n) is 8.31. The average Bonchev–Trinajstić information content (AvgIpc) is 3.44. The van der Waals surface area contributed by atoms with Gasteiger partial charge in [0.15, 0.2) is 0 Å². The van der Waals surface area contributed by atoms with E-state index in [4.69, 9.17) is 9.47 Å². The predicted octanol–water partition coefficient (Wildman–Crippen LogP) is 3.01. The zero-order chi connectivity index (χ0) is 17.6. The number of nitrogens with one attached hydrogen (secondary N) is 1. The first kappa shape index (κ1) is 17.2. The maximum atomic E-state index is 12.5. The maximum absolute atomic E-state index is 12.5. The SMILES string of the molecule is COCc1cccc(C(=O)O[C@H](C(=O)NC2CC2)c2ccccc2)c1. The van der Waals surface area contributed by atoms with E-state index in [-0.39, 0.29) is 11.9 Å². The molecular weight excluding hydrogens is 318 g/mol. The van der Waals surface area contributed by atoms with Crippen molar-refractivity contribution in [1.82, 2.24) is 5.32 Å². The first-order chi connectivity index (χ1) is 12.2. The van der Waals surface area contributed by atoms with Crippen LogP contribution in [-0.2, 0) is 20.9 Å². The van der Waals surface area contributed by atoms with Crippen LogP contribution in [-0.4, -0.2) is 25.0 Å². The van der Waals surface area contributed by atoms with E-state index in [9.17, 15) is 9.59 Å². The van der Waals surface area contributed by atoms with Gasteiger partial charge in [-0.15, -0.1) is 0 Å². The molecule has 1 fully saturated rings. The highest BCUT2D eigenvalue weighted by atomic mass is 16.5. The highest BCUT2D eigenvalue weighted by Crippen LogP contribution is 2.24. The van der Waals surface area contributed by atoms with Crippen LogP contribution in [0.15, 0.2) is 54.6 Å². The van der Waals surface area contributed by atoms with Crippen molar-refractivity contribution in [2.24, 2.45) is 0 Å². The molecule has 1 aliphatic carbocycles. The molecule has 1 saturated carbocycles. The maximum Gasteiger partial charge on any atom is 0.339 e. The minimum absolute atomic E-state index is 0.197. The lowest BCUT2D eigenvalue weighted by Crippen LogP contribution is -2.33. The van der Waals surface area contributed by atoms with Crippen molar-refractivity contribution in [2.75, 3.05) is 7.11 Å². The number of carbonyl (C=O) groups excluding carboxylic acids is 2. The molecular formula is C20H21NO4. The van der Waals surface area contributed by atoms with E-state index in [0.29, 0.717) is 17.7 Å². The lowest BCUT2D eigenvalue weighted by Gasteiger charge is -2.18. The van der Waals surface area contributed by atoms with Gasteiger partial charge < -0.3 is 14.8 Å². The zero-order valence-electron chi connectivity index (χ0n) is 14.1. The van der Waals surface area contributed by atoms with E-state index in [1.165, 1.54) is 0 Å². The van der Waals surface area contributed by atoms with Crippen LogP contribution in [0.1, 0.15) is 40.4 Å². The van der Waals surface area contributed by atoms with E-state index < -0.39 is 12.1 Å². The van der Waals surface area contributed by atoms with Gasteiger partial charge in [-0.05, 0) is 30.5 Å². The number of hydrogen-bond donors (Lipinski definition) is 1. The number of methoxy groups -OCH3 is 1. The van der Waals surface area contributed by atoms with Gasteiger partial charge in [0.05, 0.1) is 12.2 Å². The van der Waals surface area contributed by atoms with Gasteiger partial charge in [0, 0.05) is 18.7 Å². The molecule has 0 saturated heterocycles. The molecule has 0 aromatic heterocycles. The van der Waals surface area contributed by atoms with E-state index >= 15 is 0 Å². The number of carbonyl (C=O) groups is 2. The van der Waals surface area contributed by atoms with Crippen LogP contribution < -0.4 is 5.32 Å².